The molecule has 0 N–H and O–H groups in total. The van der Waals surface area contributed by atoms with Crippen molar-refractivity contribution < 1.29 is 0 Å². The van der Waals surface area contributed by atoms with Crippen molar-refractivity contribution in [2.75, 3.05) is 0 Å². The Morgan fingerprint density at radius 1 is 1.25 bits per heavy atom. The number of benzene rings is 1. The average Bonchev–Trinajstić information content (AvgIpc) is 3.06. The summed E-state index contributed by atoms with van der Waals surface area (Å²) in [4.78, 5) is 8.95. The Hall–Kier alpha value is -1.59. The molecule has 0 saturated carbocycles. The first-order chi connectivity index (χ1) is 9.74. The molecule has 3 nitrogen and oxygen atoms in total. The highest BCUT2D eigenvalue weighted by Crippen LogP contribution is 2.25. The molecule has 5 heteroatoms. The Labute approximate surface area is 126 Å². The Bertz CT molecular complexity index is 715. The molecule has 0 amide bonds. The Balaban J connectivity index is 1.82. The summed E-state index contributed by atoms with van der Waals surface area (Å²) in [5, 5.41) is 4.23. The minimum absolute atomic E-state index is 0.854. The molecule has 0 saturated heterocycles. The van der Waals surface area contributed by atoms with Crippen molar-refractivity contribution in [3.05, 3.63) is 58.3 Å². The van der Waals surface area contributed by atoms with E-state index in [4.69, 9.17) is 0 Å². The van der Waals surface area contributed by atoms with E-state index in [9.17, 15) is 0 Å². The second-order valence-electron chi connectivity index (χ2n) is 4.51. The van der Waals surface area contributed by atoms with E-state index in [1.165, 1.54) is 11.3 Å². The number of rotatable bonds is 4. The summed E-state index contributed by atoms with van der Waals surface area (Å²) in [6.07, 6.45) is 3.86. The molecule has 1 aromatic carbocycles. The molecule has 0 fully saturated rings. The van der Waals surface area contributed by atoms with Crippen LogP contribution in [0, 0.1) is 13.8 Å². The van der Waals surface area contributed by atoms with Crippen LogP contribution in [-0.2, 0) is 5.75 Å². The van der Waals surface area contributed by atoms with Gasteiger partial charge < -0.3 is 0 Å². The Morgan fingerprint density at radius 2 is 2.10 bits per heavy atom. The number of hydrogen-bond acceptors (Lipinski definition) is 4. The standard InChI is InChI=1S/C15H15N3S2/c1-11-5-3-4-6-14(11)18-8-7-16-15(18)20-10-13-9-19-12(2)17-13/h3-9H,10H2,1-2H3. The van der Waals surface area contributed by atoms with E-state index in [0.29, 0.717) is 0 Å². The molecular weight excluding hydrogens is 286 g/mol. The molecule has 20 heavy (non-hydrogen) atoms. The monoisotopic (exact) mass is 301 g/mol. The SMILES string of the molecule is Cc1nc(CSc2nccn2-c2ccccc2C)cs1. The van der Waals surface area contributed by atoms with E-state index in [2.05, 4.69) is 51.1 Å². The molecule has 0 unspecified atom stereocenters. The minimum atomic E-state index is 0.854. The Kier molecular flexibility index (Phi) is 3.89. The van der Waals surface area contributed by atoms with Crippen LogP contribution in [-0.4, -0.2) is 14.5 Å². The van der Waals surface area contributed by atoms with Crippen molar-refractivity contribution in [2.24, 2.45) is 0 Å². The summed E-state index contributed by atoms with van der Waals surface area (Å²) in [5.41, 5.74) is 3.55. The first-order valence-corrected chi connectivity index (χ1v) is 8.24. The first-order valence-electron chi connectivity index (χ1n) is 6.37. The second kappa shape index (κ2) is 5.81. The van der Waals surface area contributed by atoms with E-state index in [-0.39, 0.29) is 0 Å². The number of aromatic nitrogens is 3. The third kappa shape index (κ3) is 2.78. The summed E-state index contributed by atoms with van der Waals surface area (Å²) < 4.78 is 2.14. The van der Waals surface area contributed by atoms with Gasteiger partial charge in [0.25, 0.3) is 0 Å². The van der Waals surface area contributed by atoms with Crippen LogP contribution in [0.5, 0.6) is 0 Å². The molecule has 102 valence electrons. The van der Waals surface area contributed by atoms with Gasteiger partial charge in [-0.15, -0.1) is 11.3 Å². The van der Waals surface area contributed by atoms with Crippen LogP contribution in [0.25, 0.3) is 5.69 Å². The number of thiazole rings is 1. The van der Waals surface area contributed by atoms with Crippen molar-refractivity contribution in [1.82, 2.24) is 14.5 Å². The van der Waals surface area contributed by atoms with Crippen molar-refractivity contribution >= 4 is 23.1 Å². The molecule has 3 aromatic rings. The van der Waals surface area contributed by atoms with Gasteiger partial charge in [0, 0.05) is 23.5 Å². The highest BCUT2D eigenvalue weighted by Gasteiger charge is 2.08. The van der Waals surface area contributed by atoms with Gasteiger partial charge in [0.1, 0.15) is 0 Å². The molecule has 0 aliphatic carbocycles. The van der Waals surface area contributed by atoms with Gasteiger partial charge in [-0.05, 0) is 25.5 Å². The third-order valence-electron chi connectivity index (χ3n) is 3.00. The average molecular weight is 301 g/mol. The molecule has 0 atom stereocenters. The fourth-order valence-corrected chi connectivity index (χ4v) is 3.60. The lowest BCUT2D eigenvalue weighted by atomic mass is 10.2. The molecule has 3 rings (SSSR count). The molecule has 0 radical (unpaired) electrons. The van der Waals surface area contributed by atoms with Gasteiger partial charge in [-0.1, -0.05) is 30.0 Å². The molecule has 0 aliphatic rings. The van der Waals surface area contributed by atoms with Crippen LogP contribution in [0.4, 0.5) is 0 Å². The normalized spacial score (nSPS) is 10.9. The van der Waals surface area contributed by atoms with Crippen molar-refractivity contribution in [3.8, 4) is 5.69 Å². The zero-order chi connectivity index (χ0) is 13.9. The zero-order valence-electron chi connectivity index (χ0n) is 11.4. The van der Waals surface area contributed by atoms with Gasteiger partial charge in [-0.3, -0.25) is 4.57 Å². The van der Waals surface area contributed by atoms with E-state index < -0.39 is 0 Å². The number of nitrogens with zero attached hydrogens (tertiary/aromatic N) is 3. The first kappa shape index (κ1) is 13.4. The summed E-state index contributed by atoms with van der Waals surface area (Å²) in [6.45, 7) is 4.15. The fraction of sp³-hybridized carbons (Fsp3) is 0.200. The maximum atomic E-state index is 4.49. The van der Waals surface area contributed by atoms with Crippen molar-refractivity contribution in [2.45, 2.75) is 24.8 Å². The lowest BCUT2D eigenvalue weighted by Crippen LogP contribution is -1.97. The van der Waals surface area contributed by atoms with Crippen molar-refractivity contribution in [1.29, 1.82) is 0 Å². The van der Waals surface area contributed by atoms with Crippen LogP contribution in [0.1, 0.15) is 16.3 Å². The third-order valence-corrected chi connectivity index (χ3v) is 4.82. The summed E-state index contributed by atoms with van der Waals surface area (Å²) >= 11 is 3.41. The summed E-state index contributed by atoms with van der Waals surface area (Å²) in [7, 11) is 0. The maximum Gasteiger partial charge on any atom is 0.172 e. The van der Waals surface area contributed by atoms with Gasteiger partial charge in [0.05, 0.1) is 16.4 Å². The summed E-state index contributed by atoms with van der Waals surface area (Å²) in [6, 6.07) is 8.35. The number of aryl methyl sites for hydroxylation is 2. The largest absolute Gasteiger partial charge is 0.295 e. The fourth-order valence-electron chi connectivity index (χ4n) is 2.03. The minimum Gasteiger partial charge on any atom is -0.295 e. The number of thioether (sulfide) groups is 1. The summed E-state index contributed by atoms with van der Waals surface area (Å²) in [5.74, 6) is 0.854. The van der Waals surface area contributed by atoms with Gasteiger partial charge in [-0.2, -0.15) is 0 Å². The van der Waals surface area contributed by atoms with Gasteiger partial charge in [0.15, 0.2) is 5.16 Å². The van der Waals surface area contributed by atoms with Gasteiger partial charge >= 0.3 is 0 Å². The van der Waals surface area contributed by atoms with Crippen LogP contribution in [0.3, 0.4) is 0 Å². The predicted octanol–water partition coefficient (Wildman–Crippen LogP) is 4.24. The van der Waals surface area contributed by atoms with Crippen LogP contribution in [0.2, 0.25) is 0 Å². The van der Waals surface area contributed by atoms with Crippen molar-refractivity contribution in [3.63, 3.8) is 0 Å². The van der Waals surface area contributed by atoms with Crippen LogP contribution < -0.4 is 0 Å². The molecule has 2 aromatic heterocycles. The highest BCUT2D eigenvalue weighted by molar-refractivity contribution is 7.98. The van der Waals surface area contributed by atoms with Crippen LogP contribution >= 0.6 is 23.1 Å². The van der Waals surface area contributed by atoms with Gasteiger partial charge in [0.2, 0.25) is 0 Å². The topological polar surface area (TPSA) is 30.7 Å². The molecular formula is C15H15N3S2. The second-order valence-corrected chi connectivity index (χ2v) is 6.52. The van der Waals surface area contributed by atoms with E-state index in [0.717, 1.165) is 21.6 Å². The lowest BCUT2D eigenvalue weighted by molar-refractivity contribution is 0.887. The predicted molar refractivity (Wildman–Crippen MR) is 84.7 cm³/mol. The molecule has 0 aliphatic heterocycles. The zero-order valence-corrected chi connectivity index (χ0v) is 13.0. The number of para-hydroxylation sites is 1. The lowest BCUT2D eigenvalue weighted by Gasteiger charge is -2.09. The smallest absolute Gasteiger partial charge is 0.172 e. The van der Waals surface area contributed by atoms with Crippen LogP contribution in [0.15, 0.2) is 47.2 Å². The quantitative estimate of drug-likeness (QED) is 0.675. The highest BCUT2D eigenvalue weighted by atomic mass is 32.2. The Morgan fingerprint density at radius 3 is 2.85 bits per heavy atom. The number of hydrogen-bond donors (Lipinski definition) is 0. The number of imidazole rings is 1. The van der Waals surface area contributed by atoms with Gasteiger partial charge in [-0.25, -0.2) is 9.97 Å². The van der Waals surface area contributed by atoms with E-state index in [1.807, 2.05) is 19.3 Å². The van der Waals surface area contributed by atoms with E-state index >= 15 is 0 Å². The molecule has 0 spiro atoms. The molecule has 2 heterocycles. The molecule has 0 bridgehead atoms. The van der Waals surface area contributed by atoms with E-state index in [1.54, 1.807) is 23.1 Å². The maximum absolute atomic E-state index is 4.49.